The number of carbonyl (C=O) groups is 2. The number of rotatable bonds is 6. The average molecular weight is 438 g/mol. The van der Waals surface area contributed by atoms with Crippen LogP contribution in [0.15, 0.2) is 76.8 Å². The fraction of sp³-hybridized carbons (Fsp3) is 0.217. The van der Waals surface area contributed by atoms with Gasteiger partial charge in [-0.1, -0.05) is 36.0 Å². The fourth-order valence-electron chi connectivity index (χ4n) is 3.44. The van der Waals surface area contributed by atoms with Gasteiger partial charge in [0, 0.05) is 17.6 Å². The van der Waals surface area contributed by atoms with Crippen molar-refractivity contribution < 1.29 is 9.59 Å². The second-order valence-corrected chi connectivity index (χ2v) is 8.80. The van der Waals surface area contributed by atoms with E-state index in [0.29, 0.717) is 12.3 Å². The normalized spacial score (nSPS) is 13.2. The second-order valence-electron chi connectivity index (χ2n) is 6.92. The molecule has 0 aliphatic carbocycles. The minimum Gasteiger partial charge on any atom is -0.354 e. The quantitative estimate of drug-likeness (QED) is 0.593. The van der Waals surface area contributed by atoms with Crippen LogP contribution in [-0.4, -0.2) is 41.5 Å². The molecule has 1 aliphatic rings. The van der Waals surface area contributed by atoms with Gasteiger partial charge in [0.25, 0.3) is 0 Å². The molecule has 0 fully saturated rings. The van der Waals surface area contributed by atoms with Crippen LogP contribution in [0.25, 0.3) is 5.69 Å². The number of hydrogen-bond acceptors (Lipinski definition) is 4. The Morgan fingerprint density at radius 1 is 1.07 bits per heavy atom. The summed E-state index contributed by atoms with van der Waals surface area (Å²) in [6.45, 7) is 0.552. The Morgan fingerprint density at radius 3 is 2.60 bits per heavy atom. The third kappa shape index (κ3) is 4.57. The molecule has 0 atom stereocenters. The molecule has 0 radical (unpaired) electrons. The van der Waals surface area contributed by atoms with Gasteiger partial charge in [-0.05, 0) is 54.6 Å². The van der Waals surface area contributed by atoms with Crippen LogP contribution in [0, 0.1) is 0 Å². The number of amides is 2. The molecule has 1 N–H and O–H groups in total. The van der Waals surface area contributed by atoms with E-state index in [4.69, 9.17) is 0 Å². The Hall–Kier alpha value is -2.64. The van der Waals surface area contributed by atoms with E-state index < -0.39 is 0 Å². The van der Waals surface area contributed by atoms with Crippen LogP contribution in [0.1, 0.15) is 5.56 Å². The lowest BCUT2D eigenvalue weighted by molar-refractivity contribution is -0.122. The molecular weight excluding hydrogens is 414 g/mol. The maximum atomic E-state index is 12.9. The standard InChI is InChI=1S/C23H23N3O2S2/c1-29-18-10-8-17(9-11-18)12-13-24-21(27)15-26-20-6-3-2-5-19(20)25-14-4-7-23(25)30-16-22(26)28/h2-11,14H,12-13,15-16H2,1H3,(H,24,27). The van der Waals surface area contributed by atoms with Crippen LogP contribution in [0.3, 0.4) is 0 Å². The van der Waals surface area contributed by atoms with Gasteiger partial charge in [-0.25, -0.2) is 0 Å². The number of aromatic nitrogens is 1. The van der Waals surface area contributed by atoms with Gasteiger partial charge in [0.15, 0.2) is 0 Å². The van der Waals surface area contributed by atoms with Crippen molar-refractivity contribution in [2.45, 2.75) is 16.3 Å². The van der Waals surface area contributed by atoms with Crippen LogP contribution in [0.5, 0.6) is 0 Å². The Kier molecular flexibility index (Phi) is 6.50. The molecule has 2 aromatic carbocycles. The van der Waals surface area contributed by atoms with Gasteiger partial charge < -0.3 is 14.8 Å². The summed E-state index contributed by atoms with van der Waals surface area (Å²) in [6, 6.07) is 20.0. The van der Waals surface area contributed by atoms with Crippen molar-refractivity contribution in [3.8, 4) is 5.69 Å². The topological polar surface area (TPSA) is 54.3 Å². The smallest absolute Gasteiger partial charge is 0.240 e. The van der Waals surface area contributed by atoms with E-state index in [1.54, 1.807) is 16.7 Å². The summed E-state index contributed by atoms with van der Waals surface area (Å²) < 4.78 is 2.07. The Labute approximate surface area is 184 Å². The lowest BCUT2D eigenvalue weighted by Crippen LogP contribution is -2.43. The number of thioether (sulfide) groups is 2. The molecule has 1 aliphatic heterocycles. The van der Waals surface area contributed by atoms with Gasteiger partial charge >= 0.3 is 0 Å². The summed E-state index contributed by atoms with van der Waals surface area (Å²) in [7, 11) is 0. The predicted octanol–water partition coefficient (Wildman–Crippen LogP) is 4.00. The van der Waals surface area contributed by atoms with E-state index in [2.05, 4.69) is 40.4 Å². The molecule has 0 saturated carbocycles. The third-order valence-corrected chi connectivity index (χ3v) is 6.75. The molecule has 0 saturated heterocycles. The number of benzene rings is 2. The minimum atomic E-state index is -0.155. The largest absolute Gasteiger partial charge is 0.354 e. The summed E-state index contributed by atoms with van der Waals surface area (Å²) in [6.07, 6.45) is 4.79. The zero-order valence-electron chi connectivity index (χ0n) is 16.7. The minimum absolute atomic E-state index is 0.0123. The molecule has 1 aromatic heterocycles. The SMILES string of the molecule is CSc1ccc(CCNC(=O)CN2C(=O)CSc3cccn3-c3ccccc32)cc1. The predicted molar refractivity (Wildman–Crippen MR) is 124 cm³/mol. The average Bonchev–Trinajstić information content (AvgIpc) is 3.23. The number of nitrogens with one attached hydrogen (secondary N) is 1. The van der Waals surface area contributed by atoms with Crippen molar-refractivity contribution in [3.63, 3.8) is 0 Å². The maximum Gasteiger partial charge on any atom is 0.240 e. The first-order chi connectivity index (χ1) is 14.7. The number of para-hydroxylation sites is 2. The van der Waals surface area contributed by atoms with E-state index in [0.717, 1.165) is 22.8 Å². The fourth-order valence-corrected chi connectivity index (χ4v) is 4.75. The Bertz CT molecular complexity index is 1050. The highest BCUT2D eigenvalue weighted by Crippen LogP contribution is 2.32. The number of fused-ring (bicyclic) bond motifs is 3. The number of hydrogen-bond donors (Lipinski definition) is 1. The highest BCUT2D eigenvalue weighted by molar-refractivity contribution is 8.00. The van der Waals surface area contributed by atoms with Gasteiger partial charge in [-0.3, -0.25) is 9.59 Å². The van der Waals surface area contributed by atoms with Crippen molar-refractivity contribution in [1.29, 1.82) is 0 Å². The van der Waals surface area contributed by atoms with E-state index in [1.807, 2.05) is 42.6 Å². The highest BCUT2D eigenvalue weighted by atomic mass is 32.2. The molecule has 2 amide bonds. The van der Waals surface area contributed by atoms with Gasteiger partial charge in [-0.15, -0.1) is 11.8 Å². The van der Waals surface area contributed by atoms with Crippen LogP contribution < -0.4 is 10.2 Å². The van der Waals surface area contributed by atoms with Gasteiger partial charge in [-0.2, -0.15) is 0 Å². The van der Waals surface area contributed by atoms with Crippen LogP contribution in [0.2, 0.25) is 0 Å². The summed E-state index contributed by atoms with van der Waals surface area (Å²) in [5.41, 5.74) is 2.83. The summed E-state index contributed by atoms with van der Waals surface area (Å²) in [5, 5.41) is 3.98. The van der Waals surface area contributed by atoms with Crippen LogP contribution in [-0.2, 0) is 16.0 Å². The molecule has 2 heterocycles. The number of anilines is 1. The van der Waals surface area contributed by atoms with E-state index >= 15 is 0 Å². The first-order valence-corrected chi connectivity index (χ1v) is 12.0. The van der Waals surface area contributed by atoms with Crippen LogP contribution in [0.4, 0.5) is 5.69 Å². The van der Waals surface area contributed by atoms with Crippen molar-refractivity contribution in [2.24, 2.45) is 0 Å². The third-order valence-electron chi connectivity index (χ3n) is 4.98. The van der Waals surface area contributed by atoms with Crippen molar-refractivity contribution in [3.05, 3.63) is 72.4 Å². The summed E-state index contributed by atoms with van der Waals surface area (Å²) >= 11 is 3.20. The molecule has 30 heavy (non-hydrogen) atoms. The Balaban J connectivity index is 1.44. The number of nitrogens with zero attached hydrogens (tertiary/aromatic N) is 2. The molecule has 5 nitrogen and oxygen atoms in total. The second kappa shape index (κ2) is 9.45. The zero-order valence-corrected chi connectivity index (χ0v) is 18.3. The lowest BCUT2D eigenvalue weighted by atomic mass is 10.1. The number of carbonyl (C=O) groups excluding carboxylic acids is 2. The molecule has 7 heteroatoms. The van der Waals surface area contributed by atoms with Crippen molar-refractivity contribution in [2.75, 3.05) is 30.0 Å². The Morgan fingerprint density at radius 2 is 1.83 bits per heavy atom. The summed E-state index contributed by atoms with van der Waals surface area (Å²) in [5.74, 6) is 0.0767. The van der Waals surface area contributed by atoms with Crippen molar-refractivity contribution >= 4 is 41.0 Å². The van der Waals surface area contributed by atoms with Gasteiger partial charge in [0.2, 0.25) is 11.8 Å². The maximum absolute atomic E-state index is 12.9. The molecule has 154 valence electrons. The van der Waals surface area contributed by atoms with E-state index in [-0.39, 0.29) is 18.4 Å². The van der Waals surface area contributed by atoms with E-state index in [1.165, 1.54) is 22.2 Å². The van der Waals surface area contributed by atoms with Crippen molar-refractivity contribution in [1.82, 2.24) is 9.88 Å². The van der Waals surface area contributed by atoms with Gasteiger partial charge in [0.05, 0.1) is 22.2 Å². The van der Waals surface area contributed by atoms with Gasteiger partial charge in [0.1, 0.15) is 6.54 Å². The molecule has 3 aromatic rings. The molecule has 4 rings (SSSR count). The zero-order chi connectivity index (χ0) is 20.9. The first kappa shape index (κ1) is 20.6. The van der Waals surface area contributed by atoms with Crippen LogP contribution >= 0.6 is 23.5 Å². The molecule has 0 unspecified atom stereocenters. The monoisotopic (exact) mass is 437 g/mol. The molecular formula is C23H23N3O2S2. The molecule has 0 bridgehead atoms. The lowest BCUT2D eigenvalue weighted by Gasteiger charge is -2.27. The molecule has 0 spiro atoms. The first-order valence-electron chi connectivity index (χ1n) is 9.75. The highest BCUT2D eigenvalue weighted by Gasteiger charge is 2.25. The van der Waals surface area contributed by atoms with E-state index in [9.17, 15) is 9.59 Å². The summed E-state index contributed by atoms with van der Waals surface area (Å²) in [4.78, 5) is 28.3.